The Balaban J connectivity index is 1.65. The van der Waals surface area contributed by atoms with E-state index >= 15 is 0 Å². The molecule has 1 atom stereocenters. The zero-order valence-corrected chi connectivity index (χ0v) is 19.9. The van der Waals surface area contributed by atoms with Gasteiger partial charge in [-0.05, 0) is 82.6 Å². The summed E-state index contributed by atoms with van der Waals surface area (Å²) in [7, 11) is 0. The van der Waals surface area contributed by atoms with Crippen molar-refractivity contribution in [2.75, 3.05) is 11.9 Å². The van der Waals surface area contributed by atoms with E-state index in [1.165, 1.54) is 0 Å². The highest BCUT2D eigenvalue weighted by atomic mass is 16.5. The van der Waals surface area contributed by atoms with Gasteiger partial charge in [0.05, 0.1) is 29.2 Å². The number of benzene rings is 2. The standard InChI is InChI=1S/C27H32N2O4/c1-6-17-31-20(5)24-16-15-23(19(4)28-24)27(30)29-21-11-13-22(14-12-21)33-26-10-8-7-9-25(26)32-18(2)3/h7-16,18,20H,6,17H2,1-5H3,(H,29,30). The van der Waals surface area contributed by atoms with Gasteiger partial charge in [0.15, 0.2) is 11.5 Å². The molecule has 3 aromatic rings. The van der Waals surface area contributed by atoms with Crippen molar-refractivity contribution in [1.29, 1.82) is 0 Å². The Kier molecular flexibility index (Phi) is 8.44. The quantitative estimate of drug-likeness (QED) is 0.373. The third-order valence-electron chi connectivity index (χ3n) is 4.89. The summed E-state index contributed by atoms with van der Waals surface area (Å²) in [4.78, 5) is 17.3. The lowest BCUT2D eigenvalue weighted by atomic mass is 10.1. The number of carbonyl (C=O) groups excluding carboxylic acids is 1. The topological polar surface area (TPSA) is 69.7 Å². The van der Waals surface area contributed by atoms with Crippen LogP contribution in [0.3, 0.4) is 0 Å². The number of para-hydroxylation sites is 2. The fourth-order valence-electron chi connectivity index (χ4n) is 3.24. The summed E-state index contributed by atoms with van der Waals surface area (Å²) in [5.74, 6) is 1.77. The predicted molar refractivity (Wildman–Crippen MR) is 130 cm³/mol. The van der Waals surface area contributed by atoms with Crippen molar-refractivity contribution >= 4 is 11.6 Å². The number of hydrogen-bond donors (Lipinski definition) is 1. The summed E-state index contributed by atoms with van der Waals surface area (Å²) in [5, 5.41) is 2.92. The Morgan fingerprint density at radius 2 is 1.67 bits per heavy atom. The van der Waals surface area contributed by atoms with Gasteiger partial charge in [-0.1, -0.05) is 19.1 Å². The van der Waals surface area contributed by atoms with Crippen LogP contribution < -0.4 is 14.8 Å². The number of aryl methyl sites for hydroxylation is 1. The molecule has 0 saturated heterocycles. The van der Waals surface area contributed by atoms with Gasteiger partial charge in [-0.3, -0.25) is 9.78 Å². The molecule has 1 heterocycles. The summed E-state index contributed by atoms with van der Waals surface area (Å²) in [6.45, 7) is 10.5. The molecule has 0 bridgehead atoms. The van der Waals surface area contributed by atoms with Crippen LogP contribution in [0.25, 0.3) is 0 Å². The van der Waals surface area contributed by atoms with Crippen molar-refractivity contribution < 1.29 is 19.0 Å². The van der Waals surface area contributed by atoms with Gasteiger partial charge in [-0.2, -0.15) is 0 Å². The van der Waals surface area contributed by atoms with Crippen molar-refractivity contribution in [2.45, 2.75) is 53.2 Å². The Morgan fingerprint density at radius 1 is 0.970 bits per heavy atom. The van der Waals surface area contributed by atoms with Gasteiger partial charge < -0.3 is 19.5 Å². The smallest absolute Gasteiger partial charge is 0.257 e. The number of pyridine rings is 1. The second kappa shape index (κ2) is 11.5. The maximum Gasteiger partial charge on any atom is 0.257 e. The number of aromatic nitrogens is 1. The molecule has 0 saturated carbocycles. The SMILES string of the molecule is CCCOC(C)c1ccc(C(=O)Nc2ccc(Oc3ccccc3OC(C)C)cc2)c(C)n1. The van der Waals surface area contributed by atoms with Gasteiger partial charge in [-0.25, -0.2) is 0 Å². The number of hydrogen-bond acceptors (Lipinski definition) is 5. The number of anilines is 1. The minimum Gasteiger partial charge on any atom is -0.487 e. The molecule has 0 fully saturated rings. The minimum atomic E-state index is -0.210. The number of nitrogens with zero attached hydrogens (tertiary/aromatic N) is 1. The lowest BCUT2D eigenvalue weighted by Crippen LogP contribution is -2.15. The van der Waals surface area contributed by atoms with Gasteiger partial charge in [0.25, 0.3) is 5.91 Å². The van der Waals surface area contributed by atoms with E-state index in [1.54, 1.807) is 18.2 Å². The first-order valence-electron chi connectivity index (χ1n) is 11.3. The normalized spacial score (nSPS) is 11.8. The number of ether oxygens (including phenoxy) is 3. The monoisotopic (exact) mass is 448 g/mol. The van der Waals surface area contributed by atoms with Crippen LogP contribution in [-0.2, 0) is 4.74 Å². The zero-order valence-electron chi connectivity index (χ0n) is 19.9. The average Bonchev–Trinajstić information content (AvgIpc) is 2.79. The van der Waals surface area contributed by atoms with E-state index in [0.29, 0.717) is 40.8 Å². The summed E-state index contributed by atoms with van der Waals surface area (Å²) in [5.41, 5.74) is 2.68. The number of amides is 1. The number of carbonyl (C=O) groups is 1. The molecule has 0 radical (unpaired) electrons. The molecule has 2 aromatic carbocycles. The molecule has 33 heavy (non-hydrogen) atoms. The highest BCUT2D eigenvalue weighted by Gasteiger charge is 2.14. The van der Waals surface area contributed by atoms with Crippen molar-refractivity contribution in [3.05, 3.63) is 77.6 Å². The third kappa shape index (κ3) is 6.80. The summed E-state index contributed by atoms with van der Waals surface area (Å²) >= 11 is 0. The van der Waals surface area contributed by atoms with Gasteiger partial charge in [0, 0.05) is 12.3 Å². The Bertz CT molecular complexity index is 1060. The molecular formula is C27H32N2O4. The largest absolute Gasteiger partial charge is 0.487 e. The summed E-state index contributed by atoms with van der Waals surface area (Å²) < 4.78 is 17.5. The minimum absolute atomic E-state index is 0.0476. The fourth-order valence-corrected chi connectivity index (χ4v) is 3.24. The van der Waals surface area contributed by atoms with Crippen molar-refractivity contribution in [2.24, 2.45) is 0 Å². The van der Waals surface area contributed by atoms with Crippen LogP contribution in [0.2, 0.25) is 0 Å². The second-order valence-electron chi connectivity index (χ2n) is 8.08. The molecule has 1 amide bonds. The molecule has 6 heteroatoms. The Labute approximate surface area is 195 Å². The molecule has 0 spiro atoms. The molecular weight excluding hydrogens is 416 g/mol. The van der Waals surface area contributed by atoms with Crippen molar-refractivity contribution in [3.63, 3.8) is 0 Å². The fraction of sp³-hybridized carbons (Fsp3) is 0.333. The maximum atomic E-state index is 12.8. The Hall–Kier alpha value is -3.38. The first-order valence-corrected chi connectivity index (χ1v) is 11.3. The van der Waals surface area contributed by atoms with E-state index in [0.717, 1.165) is 12.1 Å². The molecule has 0 aliphatic rings. The van der Waals surface area contributed by atoms with Crippen LogP contribution >= 0.6 is 0 Å². The van der Waals surface area contributed by atoms with Crippen LogP contribution in [-0.4, -0.2) is 23.6 Å². The van der Waals surface area contributed by atoms with E-state index in [9.17, 15) is 4.79 Å². The van der Waals surface area contributed by atoms with Crippen LogP contribution in [0, 0.1) is 6.92 Å². The van der Waals surface area contributed by atoms with Crippen LogP contribution in [0.4, 0.5) is 5.69 Å². The number of rotatable bonds is 10. The number of nitrogens with one attached hydrogen (secondary N) is 1. The lowest BCUT2D eigenvalue weighted by molar-refractivity contribution is 0.0632. The average molecular weight is 449 g/mol. The van der Waals surface area contributed by atoms with E-state index in [4.69, 9.17) is 14.2 Å². The summed E-state index contributed by atoms with van der Waals surface area (Å²) in [6, 6.07) is 18.4. The van der Waals surface area contributed by atoms with Gasteiger partial charge in [0.2, 0.25) is 0 Å². The molecule has 1 N–H and O–H groups in total. The summed E-state index contributed by atoms with van der Waals surface area (Å²) in [6.07, 6.45) is 0.891. The molecule has 0 aliphatic carbocycles. The first kappa shape index (κ1) is 24.3. The van der Waals surface area contributed by atoms with E-state index in [2.05, 4.69) is 17.2 Å². The highest BCUT2D eigenvalue weighted by molar-refractivity contribution is 6.05. The molecule has 1 unspecified atom stereocenters. The molecule has 174 valence electrons. The third-order valence-corrected chi connectivity index (χ3v) is 4.89. The lowest BCUT2D eigenvalue weighted by Gasteiger charge is -2.15. The van der Waals surface area contributed by atoms with Crippen LogP contribution in [0.15, 0.2) is 60.7 Å². The van der Waals surface area contributed by atoms with Gasteiger partial charge in [0.1, 0.15) is 5.75 Å². The van der Waals surface area contributed by atoms with Gasteiger partial charge >= 0.3 is 0 Å². The molecule has 3 rings (SSSR count). The van der Waals surface area contributed by atoms with Crippen molar-refractivity contribution in [3.8, 4) is 17.2 Å². The predicted octanol–water partition coefficient (Wildman–Crippen LogP) is 6.71. The van der Waals surface area contributed by atoms with E-state index < -0.39 is 0 Å². The van der Waals surface area contributed by atoms with E-state index in [1.807, 2.05) is 70.2 Å². The molecule has 6 nitrogen and oxygen atoms in total. The highest BCUT2D eigenvalue weighted by Crippen LogP contribution is 2.32. The van der Waals surface area contributed by atoms with Crippen molar-refractivity contribution in [1.82, 2.24) is 4.98 Å². The van der Waals surface area contributed by atoms with Gasteiger partial charge in [-0.15, -0.1) is 0 Å². The molecule has 0 aliphatic heterocycles. The Morgan fingerprint density at radius 3 is 2.30 bits per heavy atom. The van der Waals surface area contributed by atoms with Crippen LogP contribution in [0.5, 0.6) is 17.2 Å². The van der Waals surface area contributed by atoms with E-state index in [-0.39, 0.29) is 18.1 Å². The maximum absolute atomic E-state index is 12.8. The molecule has 1 aromatic heterocycles. The second-order valence-corrected chi connectivity index (χ2v) is 8.08. The first-order chi connectivity index (χ1) is 15.9. The zero-order chi connectivity index (χ0) is 23.8. The van der Waals surface area contributed by atoms with Crippen LogP contribution in [0.1, 0.15) is 62.0 Å².